The number of morpholine rings is 1. The van der Waals surface area contributed by atoms with Gasteiger partial charge in [-0.1, -0.05) is 23.7 Å². The highest BCUT2D eigenvalue weighted by molar-refractivity contribution is 6.30. The van der Waals surface area contributed by atoms with Gasteiger partial charge in [0.15, 0.2) is 0 Å². The Morgan fingerprint density at radius 2 is 2.04 bits per heavy atom. The molecule has 2 aliphatic heterocycles. The van der Waals surface area contributed by atoms with E-state index in [1.54, 1.807) is 0 Å². The van der Waals surface area contributed by atoms with Crippen LogP contribution in [0.2, 0.25) is 5.02 Å². The molecule has 0 aromatic heterocycles. The van der Waals surface area contributed by atoms with Gasteiger partial charge in [0.2, 0.25) is 5.91 Å². The van der Waals surface area contributed by atoms with E-state index < -0.39 is 0 Å². The molecule has 132 valence electrons. The van der Waals surface area contributed by atoms with E-state index in [4.69, 9.17) is 16.3 Å². The van der Waals surface area contributed by atoms with Crippen LogP contribution in [0.4, 0.5) is 0 Å². The third-order valence-corrected chi connectivity index (χ3v) is 4.85. The number of hydrazine groups is 1. The second-order valence-corrected chi connectivity index (χ2v) is 6.70. The van der Waals surface area contributed by atoms with Gasteiger partial charge in [-0.2, -0.15) is 0 Å². The lowest BCUT2D eigenvalue weighted by atomic mass is 9.94. The van der Waals surface area contributed by atoms with E-state index in [9.17, 15) is 4.79 Å². The van der Waals surface area contributed by atoms with Crippen molar-refractivity contribution in [1.82, 2.24) is 21.1 Å². The molecule has 24 heavy (non-hydrogen) atoms. The van der Waals surface area contributed by atoms with Crippen molar-refractivity contribution in [3.05, 3.63) is 34.9 Å². The van der Waals surface area contributed by atoms with Crippen molar-refractivity contribution in [2.75, 3.05) is 45.9 Å². The summed E-state index contributed by atoms with van der Waals surface area (Å²) in [5, 5.41) is 3.77. The standard InChI is InChI=1S/C17H25ClN4O2/c18-14-4-2-13(3-5-14)16-15(12-20-21-16)17(23)19-6-1-7-22-8-10-24-11-9-22/h2-5,15-16,20-21H,1,6-12H2,(H,19,23). The Morgan fingerprint density at radius 3 is 2.79 bits per heavy atom. The summed E-state index contributed by atoms with van der Waals surface area (Å²) in [4.78, 5) is 14.9. The molecule has 0 aliphatic carbocycles. The maximum Gasteiger partial charge on any atom is 0.226 e. The number of hydrogen-bond acceptors (Lipinski definition) is 5. The lowest BCUT2D eigenvalue weighted by molar-refractivity contribution is -0.124. The number of nitrogens with one attached hydrogen (secondary N) is 3. The molecule has 0 radical (unpaired) electrons. The maximum absolute atomic E-state index is 12.5. The van der Waals surface area contributed by atoms with E-state index in [2.05, 4.69) is 21.1 Å². The predicted octanol–water partition coefficient (Wildman–Crippen LogP) is 0.944. The zero-order valence-corrected chi connectivity index (χ0v) is 14.5. The molecule has 2 heterocycles. The van der Waals surface area contributed by atoms with E-state index in [0.717, 1.165) is 44.8 Å². The molecule has 2 unspecified atom stereocenters. The molecule has 3 N–H and O–H groups in total. The van der Waals surface area contributed by atoms with Crippen LogP contribution in [-0.4, -0.2) is 56.7 Å². The molecular formula is C17H25ClN4O2. The van der Waals surface area contributed by atoms with Crippen LogP contribution in [0.1, 0.15) is 18.0 Å². The molecule has 1 aromatic carbocycles. The van der Waals surface area contributed by atoms with Crippen LogP contribution in [0.25, 0.3) is 0 Å². The van der Waals surface area contributed by atoms with Crippen LogP contribution in [-0.2, 0) is 9.53 Å². The highest BCUT2D eigenvalue weighted by atomic mass is 35.5. The summed E-state index contributed by atoms with van der Waals surface area (Å²) in [6, 6.07) is 7.61. The Morgan fingerprint density at radius 1 is 1.29 bits per heavy atom. The minimum absolute atomic E-state index is 0.0264. The Bertz CT molecular complexity index is 534. The highest BCUT2D eigenvalue weighted by Gasteiger charge is 2.33. The minimum Gasteiger partial charge on any atom is -0.379 e. The number of carbonyl (C=O) groups excluding carboxylic acids is 1. The first-order valence-corrected chi connectivity index (χ1v) is 8.93. The normalized spacial score (nSPS) is 24.9. The lowest BCUT2D eigenvalue weighted by Crippen LogP contribution is -2.39. The summed E-state index contributed by atoms with van der Waals surface area (Å²) in [5.74, 6) is -0.0241. The average molecular weight is 353 g/mol. The van der Waals surface area contributed by atoms with Crippen LogP contribution >= 0.6 is 11.6 Å². The number of benzene rings is 1. The molecule has 2 fully saturated rings. The number of amides is 1. The first kappa shape index (κ1) is 17.6. The molecule has 0 saturated carbocycles. The number of rotatable bonds is 6. The van der Waals surface area contributed by atoms with E-state index >= 15 is 0 Å². The van der Waals surface area contributed by atoms with Gasteiger partial charge in [-0.25, -0.2) is 5.43 Å². The first-order valence-electron chi connectivity index (χ1n) is 8.56. The van der Waals surface area contributed by atoms with Gasteiger partial charge in [0.1, 0.15) is 0 Å². The Hall–Kier alpha value is -1.18. The van der Waals surface area contributed by atoms with E-state index in [0.29, 0.717) is 18.1 Å². The Balaban J connectivity index is 1.44. The Kier molecular flexibility index (Phi) is 6.45. The van der Waals surface area contributed by atoms with Gasteiger partial charge in [-0.05, 0) is 30.7 Å². The fourth-order valence-corrected chi connectivity index (χ4v) is 3.32. The summed E-state index contributed by atoms with van der Waals surface area (Å²) in [6.07, 6.45) is 0.963. The smallest absolute Gasteiger partial charge is 0.226 e. The van der Waals surface area contributed by atoms with Crippen LogP contribution in [0.5, 0.6) is 0 Å². The van der Waals surface area contributed by atoms with Gasteiger partial charge < -0.3 is 10.1 Å². The van der Waals surface area contributed by atoms with Crippen molar-refractivity contribution in [3.8, 4) is 0 Å². The van der Waals surface area contributed by atoms with Crippen molar-refractivity contribution in [3.63, 3.8) is 0 Å². The molecule has 7 heteroatoms. The average Bonchev–Trinajstić information content (AvgIpc) is 3.10. The minimum atomic E-state index is -0.116. The molecule has 2 atom stereocenters. The molecule has 1 aromatic rings. The van der Waals surface area contributed by atoms with Crippen molar-refractivity contribution >= 4 is 17.5 Å². The molecule has 0 spiro atoms. The zero-order chi connectivity index (χ0) is 16.8. The molecule has 1 amide bonds. The van der Waals surface area contributed by atoms with Gasteiger partial charge in [0.05, 0.1) is 25.2 Å². The topological polar surface area (TPSA) is 65.6 Å². The van der Waals surface area contributed by atoms with Crippen LogP contribution in [0, 0.1) is 5.92 Å². The first-order chi connectivity index (χ1) is 11.7. The van der Waals surface area contributed by atoms with E-state index in [1.807, 2.05) is 24.3 Å². The number of ether oxygens (including phenoxy) is 1. The third kappa shape index (κ3) is 4.68. The Labute approximate surface area is 147 Å². The SMILES string of the molecule is O=C(NCCCN1CCOCC1)C1CNNC1c1ccc(Cl)cc1. The van der Waals surface area contributed by atoms with Crippen molar-refractivity contribution in [1.29, 1.82) is 0 Å². The zero-order valence-electron chi connectivity index (χ0n) is 13.8. The molecule has 3 rings (SSSR count). The number of hydrogen-bond donors (Lipinski definition) is 3. The largest absolute Gasteiger partial charge is 0.379 e. The van der Waals surface area contributed by atoms with Gasteiger partial charge in [0.25, 0.3) is 0 Å². The number of halogens is 1. The van der Waals surface area contributed by atoms with Gasteiger partial charge in [-0.15, -0.1) is 0 Å². The maximum atomic E-state index is 12.5. The summed E-state index contributed by atoms with van der Waals surface area (Å²) in [7, 11) is 0. The number of carbonyl (C=O) groups is 1. The fraction of sp³-hybridized carbons (Fsp3) is 0.588. The highest BCUT2D eigenvalue weighted by Crippen LogP contribution is 2.26. The summed E-state index contributed by atoms with van der Waals surface area (Å²) in [5.41, 5.74) is 7.35. The van der Waals surface area contributed by atoms with Crippen molar-refractivity contribution in [2.45, 2.75) is 12.5 Å². The van der Waals surface area contributed by atoms with E-state index in [-0.39, 0.29) is 17.9 Å². The summed E-state index contributed by atoms with van der Waals surface area (Å²) >= 11 is 5.94. The second-order valence-electron chi connectivity index (χ2n) is 6.26. The fourth-order valence-electron chi connectivity index (χ4n) is 3.20. The monoisotopic (exact) mass is 352 g/mol. The molecular weight excluding hydrogens is 328 g/mol. The van der Waals surface area contributed by atoms with Crippen LogP contribution < -0.4 is 16.2 Å². The van der Waals surface area contributed by atoms with Gasteiger partial charge in [-0.3, -0.25) is 15.1 Å². The van der Waals surface area contributed by atoms with Crippen LogP contribution in [0.15, 0.2) is 24.3 Å². The van der Waals surface area contributed by atoms with Gasteiger partial charge >= 0.3 is 0 Å². The second kappa shape index (κ2) is 8.78. The van der Waals surface area contributed by atoms with E-state index in [1.165, 1.54) is 0 Å². The third-order valence-electron chi connectivity index (χ3n) is 4.60. The van der Waals surface area contributed by atoms with Gasteiger partial charge in [0, 0.05) is 31.2 Å². The van der Waals surface area contributed by atoms with Crippen molar-refractivity contribution in [2.24, 2.45) is 5.92 Å². The molecule has 2 saturated heterocycles. The molecule has 2 aliphatic rings. The summed E-state index contributed by atoms with van der Waals surface area (Å²) in [6.45, 7) is 5.95. The predicted molar refractivity (Wildman–Crippen MR) is 93.7 cm³/mol. The summed E-state index contributed by atoms with van der Waals surface area (Å²) < 4.78 is 5.34. The molecule has 6 nitrogen and oxygen atoms in total. The number of nitrogens with zero attached hydrogens (tertiary/aromatic N) is 1. The lowest BCUT2D eigenvalue weighted by Gasteiger charge is -2.26. The van der Waals surface area contributed by atoms with Crippen molar-refractivity contribution < 1.29 is 9.53 Å². The quantitative estimate of drug-likeness (QED) is 0.665. The van der Waals surface area contributed by atoms with Crippen LogP contribution in [0.3, 0.4) is 0 Å². The molecule has 0 bridgehead atoms.